The quantitative estimate of drug-likeness (QED) is 0.278. The molecule has 6 nitrogen and oxygen atoms in total. The Morgan fingerprint density at radius 1 is 0.571 bits per heavy atom. The number of carbonyl (C=O) groups excluding carboxylic acids is 2. The maximum atomic E-state index is 12.3. The van der Waals surface area contributed by atoms with Crippen molar-refractivity contribution in [2.24, 2.45) is 11.8 Å². The van der Waals surface area contributed by atoms with E-state index in [4.69, 9.17) is 11.8 Å². The Morgan fingerprint density at radius 2 is 1.04 bits per heavy atom. The fourth-order valence-electron chi connectivity index (χ4n) is 4.20. The van der Waals surface area contributed by atoms with E-state index in [9.17, 15) is 9.59 Å². The number of benzene rings is 5. The molecule has 0 radical (unpaired) electrons. The van der Waals surface area contributed by atoms with Crippen molar-refractivity contribution in [1.29, 1.82) is 0 Å². The first-order valence-corrected chi connectivity index (χ1v) is 8.60. The molecule has 0 fully saturated rings. The highest BCUT2D eigenvalue weighted by Crippen LogP contribution is 2.42. The monoisotopic (exact) mass is 370 g/mol. The molecule has 0 aromatic heterocycles. The summed E-state index contributed by atoms with van der Waals surface area (Å²) < 4.78 is 0. The van der Waals surface area contributed by atoms with Crippen LogP contribution in [0.25, 0.3) is 43.1 Å². The Labute approximate surface area is 158 Å². The van der Waals surface area contributed by atoms with Gasteiger partial charge >= 0.3 is 11.9 Å². The maximum Gasteiger partial charge on any atom is 0.357 e. The maximum absolute atomic E-state index is 12.3. The van der Waals surface area contributed by atoms with Crippen molar-refractivity contribution in [2.45, 2.75) is 0 Å². The van der Waals surface area contributed by atoms with Crippen molar-refractivity contribution in [2.75, 3.05) is 0 Å². The molecule has 0 saturated carbocycles. The molecule has 28 heavy (non-hydrogen) atoms. The summed E-state index contributed by atoms with van der Waals surface area (Å²) in [5.41, 5.74) is 0.352. The molecule has 0 aliphatic heterocycles. The molecule has 0 heterocycles. The number of hydrogen-bond acceptors (Lipinski definition) is 6. The lowest BCUT2D eigenvalue weighted by Gasteiger charge is -2.17. The zero-order chi connectivity index (χ0) is 19.4. The van der Waals surface area contributed by atoms with Crippen LogP contribution in [0.5, 0.6) is 0 Å². The van der Waals surface area contributed by atoms with E-state index in [1.54, 1.807) is 12.1 Å². The minimum Gasteiger partial charge on any atom is -0.370 e. The Kier molecular flexibility index (Phi) is 3.45. The van der Waals surface area contributed by atoms with E-state index in [-0.39, 0.29) is 11.1 Å². The van der Waals surface area contributed by atoms with Gasteiger partial charge in [0.05, 0.1) is 11.1 Å². The standard InChI is InChI=1S/C22H14N2O4/c23-27-21(25)16-9-7-14-12-5-1-3-11-4-2-6-13(18(11)12)15-8-10-17(22(26)28-24)20(16)19(14)15/h1-10H,23-24H2. The van der Waals surface area contributed by atoms with Crippen LogP contribution in [0.4, 0.5) is 0 Å². The van der Waals surface area contributed by atoms with Crippen LogP contribution < -0.4 is 11.8 Å². The predicted molar refractivity (Wildman–Crippen MR) is 107 cm³/mol. The van der Waals surface area contributed by atoms with E-state index < -0.39 is 11.9 Å². The molecule has 0 atom stereocenters. The van der Waals surface area contributed by atoms with E-state index in [1.165, 1.54) is 0 Å². The van der Waals surface area contributed by atoms with Gasteiger partial charge in [-0.1, -0.05) is 48.5 Å². The van der Waals surface area contributed by atoms with Gasteiger partial charge in [-0.05, 0) is 49.8 Å². The molecular weight excluding hydrogens is 356 g/mol. The fraction of sp³-hybridized carbons (Fsp3) is 0. The Hall–Kier alpha value is -3.74. The van der Waals surface area contributed by atoms with Crippen molar-refractivity contribution in [3.63, 3.8) is 0 Å². The van der Waals surface area contributed by atoms with Crippen LogP contribution in [0.15, 0.2) is 60.7 Å². The van der Waals surface area contributed by atoms with E-state index in [1.807, 2.05) is 36.4 Å². The third kappa shape index (κ3) is 2.04. The van der Waals surface area contributed by atoms with Gasteiger partial charge in [-0.15, -0.1) is 0 Å². The van der Waals surface area contributed by atoms with E-state index in [0.29, 0.717) is 5.39 Å². The first-order valence-electron chi connectivity index (χ1n) is 8.60. The lowest BCUT2D eigenvalue weighted by atomic mass is 9.86. The highest BCUT2D eigenvalue weighted by atomic mass is 16.7. The molecule has 136 valence electrons. The summed E-state index contributed by atoms with van der Waals surface area (Å²) in [6.45, 7) is 0. The van der Waals surface area contributed by atoms with E-state index >= 15 is 0 Å². The number of hydrogen-bond donors (Lipinski definition) is 2. The molecule has 0 spiro atoms. The second kappa shape index (κ2) is 5.88. The molecule has 0 saturated heterocycles. The fourth-order valence-corrected chi connectivity index (χ4v) is 4.20. The number of fused-ring (bicyclic) bond motifs is 2. The van der Waals surface area contributed by atoms with Crippen molar-refractivity contribution < 1.29 is 19.3 Å². The van der Waals surface area contributed by atoms with Gasteiger partial charge in [-0.3, -0.25) is 0 Å². The first kappa shape index (κ1) is 16.4. The smallest absolute Gasteiger partial charge is 0.357 e. The molecular formula is C22H14N2O4. The van der Waals surface area contributed by atoms with Crippen LogP contribution in [-0.2, 0) is 9.68 Å². The van der Waals surface area contributed by atoms with Gasteiger partial charge in [0.2, 0.25) is 0 Å². The molecule has 0 bridgehead atoms. The second-order valence-corrected chi connectivity index (χ2v) is 6.59. The van der Waals surface area contributed by atoms with Crippen molar-refractivity contribution >= 4 is 55.0 Å². The third-order valence-electron chi connectivity index (χ3n) is 5.30. The second-order valence-electron chi connectivity index (χ2n) is 6.59. The Balaban J connectivity index is 2.12. The van der Waals surface area contributed by atoms with E-state index in [0.717, 1.165) is 37.7 Å². The summed E-state index contributed by atoms with van der Waals surface area (Å²) >= 11 is 0. The highest BCUT2D eigenvalue weighted by Gasteiger charge is 2.23. The summed E-state index contributed by atoms with van der Waals surface area (Å²) in [6, 6.07) is 19.1. The average Bonchev–Trinajstić information content (AvgIpc) is 2.75. The van der Waals surface area contributed by atoms with E-state index in [2.05, 4.69) is 21.8 Å². The minimum atomic E-state index is -0.744. The summed E-state index contributed by atoms with van der Waals surface area (Å²) in [7, 11) is 0. The van der Waals surface area contributed by atoms with Crippen molar-refractivity contribution in [3.8, 4) is 0 Å². The van der Waals surface area contributed by atoms with Crippen molar-refractivity contribution in [1.82, 2.24) is 0 Å². The lowest BCUT2D eigenvalue weighted by molar-refractivity contribution is 0.0505. The summed E-state index contributed by atoms with van der Waals surface area (Å²) in [6.07, 6.45) is 0. The van der Waals surface area contributed by atoms with Crippen LogP contribution in [0, 0.1) is 0 Å². The Morgan fingerprint density at radius 3 is 1.50 bits per heavy atom. The largest absolute Gasteiger partial charge is 0.370 e. The molecule has 5 rings (SSSR count). The zero-order valence-electron chi connectivity index (χ0n) is 14.6. The molecule has 0 amide bonds. The molecule has 0 aliphatic rings. The van der Waals surface area contributed by atoms with Gasteiger partial charge in [0.15, 0.2) is 0 Å². The van der Waals surface area contributed by atoms with Gasteiger partial charge < -0.3 is 9.68 Å². The number of rotatable bonds is 2. The van der Waals surface area contributed by atoms with Crippen LogP contribution >= 0.6 is 0 Å². The first-order chi connectivity index (χ1) is 13.7. The topological polar surface area (TPSA) is 105 Å². The number of carbonyl (C=O) groups is 2. The number of nitrogens with two attached hydrogens (primary N) is 2. The van der Waals surface area contributed by atoms with Gasteiger partial charge in [0.25, 0.3) is 0 Å². The summed E-state index contributed by atoms with van der Waals surface area (Å²) in [4.78, 5) is 33.5. The van der Waals surface area contributed by atoms with Gasteiger partial charge in [-0.25, -0.2) is 9.59 Å². The average molecular weight is 370 g/mol. The molecule has 0 unspecified atom stereocenters. The summed E-state index contributed by atoms with van der Waals surface area (Å²) in [5.74, 6) is 8.76. The van der Waals surface area contributed by atoms with Crippen LogP contribution in [-0.4, -0.2) is 11.9 Å². The van der Waals surface area contributed by atoms with Gasteiger partial charge in [0, 0.05) is 5.39 Å². The molecule has 5 aromatic rings. The molecule has 6 heteroatoms. The van der Waals surface area contributed by atoms with Crippen LogP contribution in [0.3, 0.4) is 0 Å². The predicted octanol–water partition coefficient (Wildman–Crippen LogP) is 3.80. The van der Waals surface area contributed by atoms with Crippen molar-refractivity contribution in [3.05, 3.63) is 71.8 Å². The minimum absolute atomic E-state index is 0.176. The normalized spacial score (nSPS) is 11.5. The third-order valence-corrected chi connectivity index (χ3v) is 5.30. The van der Waals surface area contributed by atoms with Gasteiger partial charge in [-0.2, -0.15) is 11.8 Å². The molecule has 0 aliphatic carbocycles. The Bertz CT molecular complexity index is 1320. The lowest BCUT2D eigenvalue weighted by Crippen LogP contribution is -2.15. The molecule has 4 N–H and O–H groups in total. The summed E-state index contributed by atoms with van der Waals surface area (Å²) in [5, 5.41) is 7.29. The SMILES string of the molecule is NOC(=O)c1ccc2c3cccc4cccc(c5ccc(C(=O)ON)c1c25)c43. The highest BCUT2D eigenvalue weighted by molar-refractivity contribution is 6.35. The molecule has 5 aromatic carbocycles. The zero-order valence-corrected chi connectivity index (χ0v) is 14.6. The van der Waals surface area contributed by atoms with Crippen LogP contribution in [0.1, 0.15) is 20.7 Å². The van der Waals surface area contributed by atoms with Gasteiger partial charge in [0.1, 0.15) is 0 Å². The van der Waals surface area contributed by atoms with Crippen LogP contribution in [0.2, 0.25) is 0 Å².